The van der Waals surface area contributed by atoms with Gasteiger partial charge in [0.25, 0.3) is 0 Å². The molecule has 0 unspecified atom stereocenters. The van der Waals surface area contributed by atoms with Gasteiger partial charge in [0.05, 0.1) is 0 Å². The summed E-state index contributed by atoms with van der Waals surface area (Å²) in [6, 6.07) is 6.37. The Balaban J connectivity index is 1.29. The molecule has 152 valence electrons. The maximum Gasteiger partial charge on any atom is 0.534 e. The first-order valence-electron chi connectivity index (χ1n) is 10.3. The minimum Gasteiger partial charge on any atom is -0.376 e. The van der Waals surface area contributed by atoms with Crippen molar-refractivity contribution in [1.82, 2.24) is 0 Å². The van der Waals surface area contributed by atoms with Gasteiger partial charge in [-0.3, -0.25) is 0 Å². The second-order valence-corrected chi connectivity index (χ2v) is 11.5. The summed E-state index contributed by atoms with van der Waals surface area (Å²) in [6.45, 7) is 0. The van der Waals surface area contributed by atoms with Crippen molar-refractivity contribution in [3.63, 3.8) is 0 Å². The standard InChI is InChI=1S/C21H23F3O3S/c22-21(23,24)28(25,26)27-13-3-1-12(2-4-13)20-8-17-14-5-11-6-15(17)19(10-20)16(7-11)18(14)9-20/h1-4,11,14-19H,5-10H2. The topological polar surface area (TPSA) is 43.4 Å². The van der Waals surface area contributed by atoms with E-state index >= 15 is 0 Å². The molecule has 0 aliphatic heterocycles. The average Bonchev–Trinajstić information content (AvgIpc) is 2.64. The van der Waals surface area contributed by atoms with Crippen molar-refractivity contribution >= 4 is 10.1 Å². The van der Waals surface area contributed by atoms with Crippen LogP contribution < -0.4 is 4.18 Å². The van der Waals surface area contributed by atoms with Gasteiger partial charge in [0.1, 0.15) is 5.75 Å². The Morgan fingerprint density at radius 2 is 1.29 bits per heavy atom. The third-order valence-corrected chi connectivity index (χ3v) is 9.93. The van der Waals surface area contributed by atoms with Gasteiger partial charge >= 0.3 is 15.6 Å². The molecule has 1 aromatic carbocycles. The van der Waals surface area contributed by atoms with E-state index in [0.717, 1.165) is 47.0 Å². The molecule has 8 rings (SSSR count). The summed E-state index contributed by atoms with van der Waals surface area (Å²) in [6.07, 6.45) is 7.80. The van der Waals surface area contributed by atoms with Crippen molar-refractivity contribution in [2.24, 2.45) is 41.4 Å². The number of halogens is 3. The van der Waals surface area contributed by atoms with E-state index < -0.39 is 15.6 Å². The van der Waals surface area contributed by atoms with Crippen LogP contribution in [-0.2, 0) is 15.5 Å². The van der Waals surface area contributed by atoms with Crippen LogP contribution >= 0.6 is 0 Å². The highest BCUT2D eigenvalue weighted by Gasteiger charge is 2.67. The third kappa shape index (κ3) is 2.20. The molecule has 3 nitrogen and oxygen atoms in total. The molecule has 0 spiro atoms. The van der Waals surface area contributed by atoms with E-state index in [1.807, 2.05) is 0 Å². The molecule has 0 N–H and O–H groups in total. The molecule has 0 heterocycles. The largest absolute Gasteiger partial charge is 0.534 e. The van der Waals surface area contributed by atoms with Gasteiger partial charge in [-0.1, -0.05) is 12.1 Å². The fourth-order valence-corrected chi connectivity index (χ4v) is 8.76. The summed E-state index contributed by atoms with van der Waals surface area (Å²) in [4.78, 5) is 0. The van der Waals surface area contributed by atoms with E-state index in [4.69, 9.17) is 0 Å². The van der Waals surface area contributed by atoms with Crippen LogP contribution in [0.5, 0.6) is 5.75 Å². The van der Waals surface area contributed by atoms with Gasteiger partial charge in [-0.15, -0.1) is 0 Å². The zero-order valence-corrected chi connectivity index (χ0v) is 16.2. The van der Waals surface area contributed by atoms with Gasteiger partial charge in [-0.25, -0.2) is 0 Å². The molecule has 7 fully saturated rings. The van der Waals surface area contributed by atoms with E-state index in [1.165, 1.54) is 50.7 Å². The molecular formula is C21H23F3O3S. The quantitative estimate of drug-likeness (QED) is 0.525. The zero-order valence-electron chi connectivity index (χ0n) is 15.4. The minimum absolute atomic E-state index is 0.120. The highest BCUT2D eigenvalue weighted by atomic mass is 32.2. The Hall–Kier alpha value is -1.24. The van der Waals surface area contributed by atoms with E-state index in [-0.39, 0.29) is 11.2 Å². The molecular weight excluding hydrogens is 389 g/mol. The minimum atomic E-state index is -5.62. The zero-order chi connectivity index (χ0) is 19.5. The molecule has 28 heavy (non-hydrogen) atoms. The first kappa shape index (κ1) is 17.6. The summed E-state index contributed by atoms with van der Waals surface area (Å²) in [5, 5.41) is 0. The Kier molecular flexibility index (Phi) is 3.31. The molecule has 7 aliphatic rings. The van der Waals surface area contributed by atoms with Gasteiger partial charge in [0, 0.05) is 0 Å². The molecule has 0 radical (unpaired) electrons. The number of rotatable bonds is 3. The Morgan fingerprint density at radius 3 is 1.71 bits per heavy atom. The van der Waals surface area contributed by atoms with Crippen LogP contribution in [0.15, 0.2) is 24.3 Å². The Labute approximate surface area is 162 Å². The number of alkyl halides is 3. The number of benzene rings is 1. The van der Waals surface area contributed by atoms with Crippen LogP contribution in [0, 0.1) is 41.4 Å². The first-order valence-corrected chi connectivity index (χ1v) is 11.7. The predicted octanol–water partition coefficient (Wildman–Crippen LogP) is 4.87. The van der Waals surface area contributed by atoms with Crippen molar-refractivity contribution in [2.45, 2.75) is 49.4 Å². The SMILES string of the molecule is O=S(=O)(Oc1ccc(C23CC4C5CC6CC4C(C2)C(C6)C5C3)cc1)C(F)(F)F. The van der Waals surface area contributed by atoms with Crippen LogP contribution in [0.1, 0.15) is 44.1 Å². The van der Waals surface area contributed by atoms with Crippen LogP contribution in [0.4, 0.5) is 13.2 Å². The summed E-state index contributed by atoms with van der Waals surface area (Å²) in [5.41, 5.74) is -4.14. The molecule has 0 atom stereocenters. The first-order chi connectivity index (χ1) is 13.2. The molecule has 1 aromatic rings. The van der Waals surface area contributed by atoms with E-state index in [2.05, 4.69) is 4.18 Å². The smallest absolute Gasteiger partial charge is 0.376 e. The normalized spacial score (nSPS) is 45.6. The van der Waals surface area contributed by atoms with Gasteiger partial charge in [0.15, 0.2) is 0 Å². The summed E-state index contributed by atoms with van der Waals surface area (Å²) >= 11 is 0. The number of hydrogen-bond donors (Lipinski definition) is 0. The highest BCUT2D eigenvalue weighted by Crippen LogP contribution is 2.74. The van der Waals surface area contributed by atoms with Gasteiger partial charge in [0.2, 0.25) is 0 Å². The van der Waals surface area contributed by atoms with Gasteiger partial charge < -0.3 is 4.18 Å². The summed E-state index contributed by atoms with van der Waals surface area (Å²) in [7, 11) is -5.62. The lowest BCUT2D eigenvalue weighted by atomic mass is 9.32. The lowest BCUT2D eigenvalue weighted by molar-refractivity contribution is -0.212. The monoisotopic (exact) mass is 412 g/mol. The Bertz CT molecular complexity index is 861. The van der Waals surface area contributed by atoms with Gasteiger partial charge in [-0.2, -0.15) is 21.6 Å². The molecule has 8 bridgehead atoms. The van der Waals surface area contributed by atoms with Crippen molar-refractivity contribution in [3.05, 3.63) is 29.8 Å². The van der Waals surface area contributed by atoms with Crippen molar-refractivity contribution in [3.8, 4) is 5.75 Å². The molecule has 0 amide bonds. The average molecular weight is 412 g/mol. The van der Waals surface area contributed by atoms with Crippen molar-refractivity contribution < 1.29 is 25.8 Å². The second-order valence-electron chi connectivity index (χ2n) is 9.96. The maximum atomic E-state index is 12.5. The molecule has 0 saturated heterocycles. The van der Waals surface area contributed by atoms with Crippen LogP contribution in [0.3, 0.4) is 0 Å². The summed E-state index contributed by atoms with van der Waals surface area (Å²) < 4.78 is 64.4. The fraction of sp³-hybridized carbons (Fsp3) is 0.714. The van der Waals surface area contributed by atoms with Gasteiger partial charge in [-0.05, 0) is 103 Å². The highest BCUT2D eigenvalue weighted by molar-refractivity contribution is 7.88. The van der Waals surface area contributed by atoms with E-state index in [9.17, 15) is 21.6 Å². The summed E-state index contributed by atoms with van der Waals surface area (Å²) in [5.74, 6) is 5.81. The van der Waals surface area contributed by atoms with E-state index in [0.29, 0.717) is 0 Å². The van der Waals surface area contributed by atoms with Crippen LogP contribution in [-0.4, -0.2) is 13.9 Å². The fourth-order valence-electron chi connectivity index (χ4n) is 8.30. The molecule has 7 saturated carbocycles. The molecule has 7 heteroatoms. The number of hydrogen-bond acceptors (Lipinski definition) is 3. The Morgan fingerprint density at radius 1 is 0.821 bits per heavy atom. The van der Waals surface area contributed by atoms with Crippen LogP contribution in [0.2, 0.25) is 0 Å². The lowest BCUT2D eigenvalue weighted by Crippen LogP contribution is -2.66. The third-order valence-electron chi connectivity index (χ3n) is 8.95. The van der Waals surface area contributed by atoms with Crippen molar-refractivity contribution in [2.75, 3.05) is 0 Å². The van der Waals surface area contributed by atoms with Crippen molar-refractivity contribution in [1.29, 1.82) is 0 Å². The maximum absolute atomic E-state index is 12.5. The molecule has 0 aromatic heterocycles. The second kappa shape index (κ2) is 5.27. The van der Waals surface area contributed by atoms with E-state index in [1.54, 1.807) is 12.1 Å². The molecule has 7 aliphatic carbocycles. The van der Waals surface area contributed by atoms with Crippen LogP contribution in [0.25, 0.3) is 0 Å². The predicted molar refractivity (Wildman–Crippen MR) is 95.9 cm³/mol. The lowest BCUT2D eigenvalue weighted by Gasteiger charge is -2.72.